The van der Waals surface area contributed by atoms with Crippen LogP contribution in [0.25, 0.3) is 21.6 Å². The molecule has 3 heterocycles. The van der Waals surface area contributed by atoms with E-state index in [0.717, 1.165) is 0 Å². The number of nitrogens with zero attached hydrogens (tertiary/aromatic N) is 7. The summed E-state index contributed by atoms with van der Waals surface area (Å²) in [5, 5.41) is 23.0. The molecule has 2 aromatic rings. The van der Waals surface area contributed by atoms with E-state index in [2.05, 4.69) is 25.0 Å². The van der Waals surface area contributed by atoms with Gasteiger partial charge < -0.3 is 20.7 Å². The van der Waals surface area contributed by atoms with Gasteiger partial charge in [-0.15, -0.1) is 0 Å². The van der Waals surface area contributed by atoms with Gasteiger partial charge in [0.25, 0.3) is 0 Å². The minimum Gasteiger partial charge on any atom is -0.393 e. The average Bonchev–Trinajstić information content (AvgIpc) is 3.09. The molecule has 3 rings (SSSR count). The molecule has 0 spiro atoms. The number of hydrogen-bond donors (Lipinski definition) is 3. The number of aliphatic hydroxyl groups is 2. The number of rotatable bonds is 4. The van der Waals surface area contributed by atoms with Crippen molar-refractivity contribution in [2.75, 3.05) is 19.0 Å². The van der Waals surface area contributed by atoms with Gasteiger partial charge in [-0.3, -0.25) is 8.96 Å². The second-order valence-electron chi connectivity index (χ2n) is 5.05. The number of halogens is 1. The van der Waals surface area contributed by atoms with Crippen molar-refractivity contribution in [1.29, 1.82) is 0 Å². The third kappa shape index (κ3) is 2.16. The predicted octanol–water partition coefficient (Wildman–Crippen LogP) is -0.117. The van der Waals surface area contributed by atoms with E-state index in [1.54, 1.807) is 0 Å². The number of fused-ring (bicyclic) bond motifs is 1. The van der Waals surface area contributed by atoms with Crippen molar-refractivity contribution in [3.05, 3.63) is 23.1 Å². The lowest BCUT2D eigenvalue weighted by molar-refractivity contribution is -0.122. The highest BCUT2D eigenvalue weighted by Crippen LogP contribution is 2.43. The Balaban J connectivity index is 2.11. The minimum atomic E-state index is -1.98. The summed E-state index contributed by atoms with van der Waals surface area (Å²) in [7, 11) is 0. The molecule has 1 saturated heterocycles. The maximum absolute atomic E-state index is 13.4. The van der Waals surface area contributed by atoms with Gasteiger partial charge in [-0.25, -0.2) is 15.0 Å². The zero-order chi connectivity index (χ0) is 16.6. The Bertz CT molecular complexity index is 778. The number of nitrogen functional groups attached to an aromatic ring is 1. The summed E-state index contributed by atoms with van der Waals surface area (Å²) in [5.41, 5.74) is 12.9. The SMILES string of the molecule is [N-]=[N+]=N[C@]1(CO)O[C@H](n2cnc3c(N)ncnc32)[C@@H](CF)[C@@H]1O. The van der Waals surface area contributed by atoms with Gasteiger partial charge in [-0.1, -0.05) is 5.11 Å². The summed E-state index contributed by atoms with van der Waals surface area (Å²) in [6.45, 7) is -1.79. The maximum Gasteiger partial charge on any atom is 0.198 e. The van der Waals surface area contributed by atoms with E-state index in [1.807, 2.05) is 0 Å². The van der Waals surface area contributed by atoms with Crippen LogP contribution in [0.4, 0.5) is 10.2 Å². The number of azide groups is 1. The third-order valence-electron chi connectivity index (χ3n) is 3.84. The normalized spacial score (nSPS) is 30.5. The molecule has 2 aromatic heterocycles. The number of ether oxygens (including phenoxy) is 1. The highest BCUT2D eigenvalue weighted by atomic mass is 19.1. The maximum atomic E-state index is 13.4. The van der Waals surface area contributed by atoms with Gasteiger partial charge in [0, 0.05) is 4.91 Å². The highest BCUT2D eigenvalue weighted by Gasteiger charge is 2.55. The molecule has 4 atom stereocenters. The summed E-state index contributed by atoms with van der Waals surface area (Å²) in [6, 6.07) is 0. The molecule has 0 unspecified atom stereocenters. The zero-order valence-corrected chi connectivity index (χ0v) is 11.7. The molecule has 1 aliphatic rings. The zero-order valence-electron chi connectivity index (χ0n) is 11.7. The number of aromatic nitrogens is 4. The fraction of sp³-hybridized carbons (Fsp3) is 0.545. The van der Waals surface area contributed by atoms with E-state index in [0.29, 0.717) is 0 Å². The van der Waals surface area contributed by atoms with Crippen LogP contribution < -0.4 is 5.73 Å². The molecule has 0 radical (unpaired) electrons. The van der Waals surface area contributed by atoms with E-state index < -0.39 is 37.3 Å². The van der Waals surface area contributed by atoms with E-state index in [-0.39, 0.29) is 17.0 Å². The largest absolute Gasteiger partial charge is 0.393 e. The lowest BCUT2D eigenvalue weighted by atomic mass is 9.97. The third-order valence-corrected chi connectivity index (χ3v) is 3.84. The first-order valence-electron chi connectivity index (χ1n) is 6.60. The van der Waals surface area contributed by atoms with Crippen molar-refractivity contribution in [3.8, 4) is 0 Å². The Morgan fingerprint density at radius 2 is 2.30 bits per heavy atom. The molecule has 23 heavy (non-hydrogen) atoms. The van der Waals surface area contributed by atoms with Crippen LogP contribution in [0.2, 0.25) is 0 Å². The molecular weight excluding hydrogens is 311 g/mol. The summed E-state index contributed by atoms with van der Waals surface area (Å²) in [5.74, 6) is -0.964. The van der Waals surface area contributed by atoms with Crippen LogP contribution in [-0.2, 0) is 4.74 Å². The molecule has 122 valence electrons. The molecule has 0 saturated carbocycles. The summed E-state index contributed by atoms with van der Waals surface area (Å²) in [4.78, 5) is 14.4. The topological polar surface area (TPSA) is 168 Å². The number of alkyl halides is 1. The fourth-order valence-corrected chi connectivity index (χ4v) is 2.66. The Labute approximate surface area is 128 Å². The van der Waals surface area contributed by atoms with Gasteiger partial charge in [0.15, 0.2) is 17.2 Å². The monoisotopic (exact) mass is 324 g/mol. The van der Waals surface area contributed by atoms with E-state index >= 15 is 0 Å². The van der Waals surface area contributed by atoms with Crippen molar-refractivity contribution in [1.82, 2.24) is 19.5 Å². The van der Waals surface area contributed by atoms with Gasteiger partial charge >= 0.3 is 0 Å². The predicted molar refractivity (Wildman–Crippen MR) is 74.3 cm³/mol. The molecule has 0 bridgehead atoms. The number of imidazole rings is 1. The second-order valence-corrected chi connectivity index (χ2v) is 5.05. The van der Waals surface area contributed by atoms with Gasteiger partial charge in [0.2, 0.25) is 0 Å². The Morgan fingerprint density at radius 3 is 2.96 bits per heavy atom. The average molecular weight is 324 g/mol. The van der Waals surface area contributed by atoms with Gasteiger partial charge in [-0.2, -0.15) is 0 Å². The first-order valence-corrected chi connectivity index (χ1v) is 6.60. The molecule has 11 nitrogen and oxygen atoms in total. The van der Waals surface area contributed by atoms with Crippen LogP contribution in [0.1, 0.15) is 6.23 Å². The molecular formula is C11H13FN8O3. The van der Waals surface area contributed by atoms with Crippen LogP contribution in [0.3, 0.4) is 0 Å². The van der Waals surface area contributed by atoms with Gasteiger partial charge in [0.05, 0.1) is 25.5 Å². The minimum absolute atomic E-state index is 0.132. The second kappa shape index (κ2) is 5.59. The number of aliphatic hydroxyl groups excluding tert-OH is 2. The molecule has 1 aliphatic heterocycles. The van der Waals surface area contributed by atoms with Gasteiger partial charge in [0.1, 0.15) is 24.2 Å². The number of anilines is 1. The lowest BCUT2D eigenvalue weighted by Crippen LogP contribution is -2.43. The molecule has 1 fully saturated rings. The smallest absolute Gasteiger partial charge is 0.198 e. The molecule has 0 aliphatic carbocycles. The van der Waals surface area contributed by atoms with Crippen molar-refractivity contribution in [2.24, 2.45) is 11.0 Å². The number of hydrogen-bond acceptors (Lipinski definition) is 8. The Morgan fingerprint density at radius 1 is 1.52 bits per heavy atom. The van der Waals surface area contributed by atoms with Gasteiger partial charge in [-0.05, 0) is 5.53 Å². The van der Waals surface area contributed by atoms with E-state index in [1.165, 1.54) is 17.2 Å². The molecule has 0 amide bonds. The molecule has 0 aromatic carbocycles. The molecule has 4 N–H and O–H groups in total. The highest BCUT2D eigenvalue weighted by molar-refractivity contribution is 5.81. The van der Waals surface area contributed by atoms with Crippen LogP contribution in [0, 0.1) is 5.92 Å². The van der Waals surface area contributed by atoms with E-state index in [9.17, 15) is 14.6 Å². The van der Waals surface area contributed by atoms with Crippen LogP contribution in [-0.4, -0.2) is 54.8 Å². The Hall–Kier alpha value is -2.53. The standard InChI is InChI=1S/C11H13FN8O3/c12-1-5-7(22)11(2-21,18-19-14)23-10(5)20-4-17-6-8(13)15-3-16-9(6)20/h3-5,7,10,21-22H,1-2H2,(H2,13,15,16)/t5-,7-,10-,11+/m0/s1. The van der Waals surface area contributed by atoms with Crippen LogP contribution in [0.15, 0.2) is 17.8 Å². The summed E-state index contributed by atoms with van der Waals surface area (Å²) < 4.78 is 20.3. The van der Waals surface area contributed by atoms with Crippen LogP contribution in [0.5, 0.6) is 0 Å². The number of nitrogens with two attached hydrogens (primary N) is 1. The summed E-state index contributed by atoms with van der Waals surface area (Å²) in [6.07, 6.45) is -0.125. The van der Waals surface area contributed by atoms with Crippen molar-refractivity contribution in [3.63, 3.8) is 0 Å². The summed E-state index contributed by atoms with van der Waals surface area (Å²) >= 11 is 0. The molecule has 12 heteroatoms. The fourth-order valence-electron chi connectivity index (χ4n) is 2.66. The van der Waals surface area contributed by atoms with E-state index in [4.69, 9.17) is 16.0 Å². The van der Waals surface area contributed by atoms with Crippen molar-refractivity contribution in [2.45, 2.75) is 18.1 Å². The first-order chi connectivity index (χ1) is 11.1. The Kier molecular flexibility index (Phi) is 3.74. The van der Waals surface area contributed by atoms with Crippen LogP contribution >= 0.6 is 0 Å². The lowest BCUT2D eigenvalue weighted by Gasteiger charge is -2.24. The quantitative estimate of drug-likeness (QED) is 0.400. The van der Waals surface area contributed by atoms with Crippen molar-refractivity contribution < 1.29 is 19.3 Å². The van der Waals surface area contributed by atoms with Crippen molar-refractivity contribution >= 4 is 17.0 Å². The first kappa shape index (κ1) is 15.4.